The van der Waals surface area contributed by atoms with Crippen LogP contribution in [-0.4, -0.2) is 59.8 Å². The Morgan fingerprint density at radius 1 is 0.949 bits per heavy atom. The first-order valence-corrected chi connectivity index (χ1v) is 13.1. The van der Waals surface area contributed by atoms with Crippen molar-refractivity contribution in [1.82, 2.24) is 0 Å². The molecule has 0 aliphatic carbocycles. The van der Waals surface area contributed by atoms with E-state index in [1.165, 1.54) is 6.92 Å². The Balaban J connectivity index is 1.92. The molecule has 1 saturated heterocycles. The summed E-state index contributed by atoms with van der Waals surface area (Å²) in [5.74, 6) is -7.80. The summed E-state index contributed by atoms with van der Waals surface area (Å²) in [6, 6.07) is 12.7. The molecule has 1 aliphatic rings. The maximum Gasteiger partial charge on any atom is 0.309 e. The number of imide groups is 1. The second-order valence-corrected chi connectivity index (χ2v) is 9.89. The molecule has 2 aromatic rings. The van der Waals surface area contributed by atoms with Gasteiger partial charge >= 0.3 is 17.9 Å². The van der Waals surface area contributed by atoms with Gasteiger partial charge in [0.25, 0.3) is 0 Å². The number of carboxylic acids is 1. The van der Waals surface area contributed by atoms with Crippen LogP contribution in [0, 0.1) is 29.6 Å². The number of amides is 2. The Bertz CT molecular complexity index is 1220. The van der Waals surface area contributed by atoms with Crippen LogP contribution in [0.4, 0.5) is 5.69 Å². The van der Waals surface area contributed by atoms with Gasteiger partial charge in [-0.15, -0.1) is 0 Å². The maximum atomic E-state index is 13.7. The van der Waals surface area contributed by atoms with E-state index >= 15 is 0 Å². The minimum Gasteiger partial charge on any atom is -0.481 e. The van der Waals surface area contributed by atoms with E-state index in [0.717, 1.165) is 15.7 Å². The number of carbonyl (C=O) groups is 5. The zero-order valence-corrected chi connectivity index (χ0v) is 22.4. The second kappa shape index (κ2) is 13.3. The quantitative estimate of drug-likeness (QED) is 0.288. The molecule has 5 atom stereocenters. The molecule has 10 nitrogen and oxygen atoms in total. The van der Waals surface area contributed by atoms with E-state index in [1.54, 1.807) is 26.0 Å². The van der Waals surface area contributed by atoms with E-state index in [2.05, 4.69) is 0 Å². The number of anilines is 1. The minimum atomic E-state index is -1.10. The van der Waals surface area contributed by atoms with E-state index in [4.69, 9.17) is 14.6 Å². The second-order valence-electron chi connectivity index (χ2n) is 9.89. The van der Waals surface area contributed by atoms with Crippen LogP contribution in [0.3, 0.4) is 0 Å². The smallest absolute Gasteiger partial charge is 0.309 e. The lowest BCUT2D eigenvalue weighted by atomic mass is 9.80. The molecule has 1 heterocycles. The lowest BCUT2D eigenvalue weighted by Crippen LogP contribution is -2.33. The fraction of sp³-hybridized carbons (Fsp3) is 0.483. The van der Waals surface area contributed by atoms with E-state index in [9.17, 15) is 29.1 Å². The first kappa shape index (κ1) is 29.8. The summed E-state index contributed by atoms with van der Waals surface area (Å²) in [7, 11) is 0. The van der Waals surface area contributed by atoms with Crippen LogP contribution in [0.25, 0.3) is 10.8 Å². The largest absolute Gasteiger partial charge is 0.481 e. The number of aliphatic hydroxyl groups excluding tert-OH is 1. The number of carboxylic acid groups (broad SMARTS) is 1. The van der Waals surface area contributed by atoms with Crippen molar-refractivity contribution in [1.29, 1.82) is 0 Å². The van der Waals surface area contributed by atoms with Crippen LogP contribution in [0.5, 0.6) is 0 Å². The van der Waals surface area contributed by atoms with E-state index in [-0.39, 0.29) is 32.5 Å². The van der Waals surface area contributed by atoms with Gasteiger partial charge in [0.15, 0.2) is 0 Å². The van der Waals surface area contributed by atoms with Crippen molar-refractivity contribution >= 4 is 46.2 Å². The lowest BCUT2D eigenvalue weighted by Gasteiger charge is -2.25. The Morgan fingerprint density at radius 2 is 1.62 bits per heavy atom. The summed E-state index contributed by atoms with van der Waals surface area (Å²) in [6.45, 7) is 4.08. The number of esters is 2. The molecule has 0 spiro atoms. The van der Waals surface area contributed by atoms with Crippen LogP contribution >= 0.6 is 0 Å². The monoisotopic (exact) mass is 541 g/mol. The topological polar surface area (TPSA) is 148 Å². The van der Waals surface area contributed by atoms with Crippen molar-refractivity contribution in [3.05, 3.63) is 42.5 Å². The number of benzene rings is 2. The number of carbonyl (C=O) groups excluding carboxylic acids is 4. The molecule has 0 aromatic heterocycles. The van der Waals surface area contributed by atoms with Gasteiger partial charge in [0.05, 0.1) is 42.6 Å². The number of aliphatic carboxylic acids is 1. The molecule has 210 valence electrons. The predicted octanol–water partition coefficient (Wildman–Crippen LogP) is 3.19. The summed E-state index contributed by atoms with van der Waals surface area (Å²) < 4.78 is 10.3. The van der Waals surface area contributed by atoms with Gasteiger partial charge < -0.3 is 19.7 Å². The Kier molecular flexibility index (Phi) is 10.2. The number of ether oxygens (including phenoxy) is 2. The van der Waals surface area contributed by atoms with Crippen molar-refractivity contribution < 1.29 is 43.7 Å². The van der Waals surface area contributed by atoms with Crippen LogP contribution in [-0.2, 0) is 33.4 Å². The van der Waals surface area contributed by atoms with Crippen molar-refractivity contribution in [2.75, 3.05) is 24.7 Å². The molecule has 5 unspecified atom stereocenters. The fourth-order valence-corrected chi connectivity index (χ4v) is 5.09. The zero-order chi connectivity index (χ0) is 28.7. The summed E-state index contributed by atoms with van der Waals surface area (Å²) in [6.07, 6.45) is -0.290. The number of fused-ring (bicyclic) bond motifs is 1. The lowest BCUT2D eigenvalue weighted by molar-refractivity contribution is -0.154. The zero-order valence-electron chi connectivity index (χ0n) is 22.4. The normalized spacial score (nSPS) is 19.5. The molecule has 2 N–H and O–H groups in total. The summed E-state index contributed by atoms with van der Waals surface area (Å²) in [5.41, 5.74) is 0.455. The Morgan fingerprint density at radius 3 is 2.28 bits per heavy atom. The molecule has 39 heavy (non-hydrogen) atoms. The Hall–Kier alpha value is -3.79. The van der Waals surface area contributed by atoms with Gasteiger partial charge in [-0.05, 0) is 37.6 Å². The molecule has 1 fully saturated rings. The minimum absolute atomic E-state index is 0.0725. The highest BCUT2D eigenvalue weighted by Crippen LogP contribution is 2.39. The SMILES string of the molecule is CCOC(=O)C(CC(C)C(=O)O)CC(CC1C(=O)N(c2cccc3ccccc23)C(=O)C1C)C(=O)OCCO. The number of hydrogen-bond acceptors (Lipinski definition) is 8. The van der Waals surface area contributed by atoms with Gasteiger partial charge in [-0.3, -0.25) is 24.0 Å². The third-order valence-electron chi connectivity index (χ3n) is 7.21. The first-order chi connectivity index (χ1) is 18.6. The van der Waals surface area contributed by atoms with Gasteiger partial charge in [0, 0.05) is 11.3 Å². The average molecular weight is 542 g/mol. The van der Waals surface area contributed by atoms with Gasteiger partial charge in [-0.25, -0.2) is 4.90 Å². The van der Waals surface area contributed by atoms with Gasteiger partial charge in [0.2, 0.25) is 11.8 Å². The summed E-state index contributed by atoms with van der Waals surface area (Å²) >= 11 is 0. The molecule has 0 saturated carbocycles. The summed E-state index contributed by atoms with van der Waals surface area (Å²) in [4.78, 5) is 65.4. The van der Waals surface area contributed by atoms with Crippen molar-refractivity contribution in [2.45, 2.75) is 40.0 Å². The van der Waals surface area contributed by atoms with E-state index in [0.29, 0.717) is 5.69 Å². The van der Waals surface area contributed by atoms with Crippen LogP contribution in [0.15, 0.2) is 42.5 Å². The van der Waals surface area contributed by atoms with E-state index < -0.39 is 65.9 Å². The summed E-state index contributed by atoms with van der Waals surface area (Å²) in [5, 5.41) is 20.1. The first-order valence-electron chi connectivity index (χ1n) is 13.1. The van der Waals surface area contributed by atoms with Gasteiger partial charge in [-0.1, -0.05) is 50.2 Å². The average Bonchev–Trinajstić information content (AvgIpc) is 3.12. The number of rotatable bonds is 13. The fourth-order valence-electron chi connectivity index (χ4n) is 5.09. The van der Waals surface area contributed by atoms with Crippen molar-refractivity contribution in [3.63, 3.8) is 0 Å². The van der Waals surface area contributed by atoms with Gasteiger partial charge in [0.1, 0.15) is 6.61 Å². The number of hydrogen-bond donors (Lipinski definition) is 2. The molecule has 3 rings (SSSR count). The van der Waals surface area contributed by atoms with Gasteiger partial charge in [-0.2, -0.15) is 0 Å². The predicted molar refractivity (Wildman–Crippen MR) is 141 cm³/mol. The highest BCUT2D eigenvalue weighted by atomic mass is 16.5. The third kappa shape index (κ3) is 6.81. The third-order valence-corrected chi connectivity index (χ3v) is 7.21. The molecule has 0 radical (unpaired) electrons. The molecular weight excluding hydrogens is 506 g/mol. The molecule has 2 amide bonds. The Labute approximate surface area is 226 Å². The van der Waals surface area contributed by atoms with Crippen LogP contribution < -0.4 is 4.90 Å². The number of aliphatic hydroxyl groups is 1. The van der Waals surface area contributed by atoms with Crippen LogP contribution in [0.1, 0.15) is 40.0 Å². The maximum absolute atomic E-state index is 13.7. The standard InChI is InChI=1S/C29H35NO9/c1-4-38-28(36)20(14-17(2)27(34)35)15-21(29(37)39-13-12-31)16-23-18(3)25(32)30(26(23)33)24-11-7-9-19-8-5-6-10-22(19)24/h5-11,17-18,20-21,23,31H,4,12-16H2,1-3H3,(H,34,35). The molecule has 0 bridgehead atoms. The molecule has 2 aromatic carbocycles. The highest BCUT2D eigenvalue weighted by molar-refractivity contribution is 6.24. The molecule has 1 aliphatic heterocycles. The van der Waals surface area contributed by atoms with Crippen LogP contribution in [0.2, 0.25) is 0 Å². The highest BCUT2D eigenvalue weighted by Gasteiger charge is 2.48. The molecule has 10 heteroatoms. The number of nitrogens with zero attached hydrogens (tertiary/aromatic N) is 1. The van der Waals surface area contributed by atoms with Crippen molar-refractivity contribution in [2.24, 2.45) is 29.6 Å². The van der Waals surface area contributed by atoms with E-state index in [1.807, 2.05) is 30.3 Å². The molecular formula is C29H35NO9. The van der Waals surface area contributed by atoms with Crippen molar-refractivity contribution in [3.8, 4) is 0 Å².